The van der Waals surface area contributed by atoms with Gasteiger partial charge in [-0.1, -0.05) is 44.7 Å². The summed E-state index contributed by atoms with van der Waals surface area (Å²) in [5.41, 5.74) is 4.97. The van der Waals surface area contributed by atoms with E-state index < -0.39 is 0 Å². The number of rotatable bonds is 4. The first kappa shape index (κ1) is 16.5. The average Bonchev–Trinajstić information content (AvgIpc) is 2.94. The molecule has 0 bridgehead atoms. The van der Waals surface area contributed by atoms with Gasteiger partial charge in [0, 0.05) is 5.56 Å². The lowest BCUT2D eigenvalue weighted by Crippen LogP contribution is -2.10. The Morgan fingerprint density at radius 2 is 1.88 bits per heavy atom. The lowest BCUT2D eigenvalue weighted by Gasteiger charge is -2.25. The van der Waals surface area contributed by atoms with E-state index in [2.05, 4.69) is 32.6 Å². The van der Waals surface area contributed by atoms with Crippen molar-refractivity contribution < 1.29 is 9.13 Å². The summed E-state index contributed by atoms with van der Waals surface area (Å²) >= 11 is 0. The Kier molecular flexibility index (Phi) is 4.31. The lowest BCUT2D eigenvalue weighted by molar-refractivity contribution is 0.414. The van der Waals surface area contributed by atoms with Crippen LogP contribution < -0.4 is 4.74 Å². The summed E-state index contributed by atoms with van der Waals surface area (Å²) in [7, 11) is 1.60. The summed E-state index contributed by atoms with van der Waals surface area (Å²) in [6, 6.07) is 11.0. The molecule has 124 valence electrons. The quantitative estimate of drug-likeness (QED) is 0.637. The highest BCUT2D eigenvalue weighted by atomic mass is 19.1. The van der Waals surface area contributed by atoms with Gasteiger partial charge < -0.3 is 4.74 Å². The minimum Gasteiger partial charge on any atom is -0.497 e. The van der Waals surface area contributed by atoms with Crippen molar-refractivity contribution in [3.05, 3.63) is 66.0 Å². The Labute approximate surface area is 143 Å². The number of hydrogen-bond acceptors (Lipinski definition) is 1. The van der Waals surface area contributed by atoms with E-state index in [4.69, 9.17) is 4.74 Å². The number of methoxy groups -OCH3 is 1. The Bertz CT molecular complexity index is 815. The summed E-state index contributed by atoms with van der Waals surface area (Å²) in [6.45, 7) is 8.37. The van der Waals surface area contributed by atoms with Crippen molar-refractivity contribution in [2.75, 3.05) is 7.11 Å². The van der Waals surface area contributed by atoms with Crippen molar-refractivity contribution in [3.8, 4) is 16.9 Å². The summed E-state index contributed by atoms with van der Waals surface area (Å²) in [5, 5.41) is 0. The second-order valence-electron chi connectivity index (χ2n) is 6.90. The van der Waals surface area contributed by atoms with Crippen LogP contribution in [0.5, 0.6) is 5.75 Å². The van der Waals surface area contributed by atoms with Gasteiger partial charge in [-0.25, -0.2) is 4.39 Å². The van der Waals surface area contributed by atoms with Gasteiger partial charge in [0.1, 0.15) is 11.6 Å². The van der Waals surface area contributed by atoms with Gasteiger partial charge in [0.25, 0.3) is 0 Å². The van der Waals surface area contributed by atoms with Crippen LogP contribution in [-0.4, -0.2) is 7.11 Å². The molecule has 0 spiro atoms. The third-order valence-corrected chi connectivity index (χ3v) is 4.88. The third-order valence-electron chi connectivity index (χ3n) is 4.88. The van der Waals surface area contributed by atoms with Gasteiger partial charge >= 0.3 is 0 Å². The van der Waals surface area contributed by atoms with Gasteiger partial charge in [0.15, 0.2) is 0 Å². The highest BCUT2D eigenvalue weighted by Crippen LogP contribution is 2.47. The van der Waals surface area contributed by atoms with Gasteiger partial charge in [-0.3, -0.25) is 0 Å². The Morgan fingerprint density at radius 3 is 2.50 bits per heavy atom. The van der Waals surface area contributed by atoms with Crippen molar-refractivity contribution in [1.29, 1.82) is 0 Å². The molecule has 3 rings (SSSR count). The zero-order valence-electron chi connectivity index (χ0n) is 14.5. The Balaban J connectivity index is 2.24. The highest BCUT2D eigenvalue weighted by molar-refractivity contribution is 5.86. The van der Waals surface area contributed by atoms with Gasteiger partial charge in [-0.2, -0.15) is 0 Å². The normalized spacial score (nSPS) is 15.9. The summed E-state index contributed by atoms with van der Waals surface area (Å²) in [4.78, 5) is 0. The smallest absolute Gasteiger partial charge is 0.131 e. The molecule has 1 aliphatic carbocycles. The minimum absolute atomic E-state index is 0.0872. The van der Waals surface area contributed by atoms with Crippen LogP contribution >= 0.6 is 0 Å². The van der Waals surface area contributed by atoms with Crippen LogP contribution in [0.15, 0.2) is 49.1 Å². The van der Waals surface area contributed by atoms with Crippen molar-refractivity contribution in [2.45, 2.75) is 26.7 Å². The Morgan fingerprint density at radius 1 is 1.08 bits per heavy atom. The fourth-order valence-corrected chi connectivity index (χ4v) is 3.45. The molecule has 0 heterocycles. The molecule has 24 heavy (non-hydrogen) atoms. The lowest BCUT2D eigenvalue weighted by atomic mass is 9.79. The first-order chi connectivity index (χ1) is 11.5. The summed E-state index contributed by atoms with van der Waals surface area (Å²) in [6.07, 6.45) is 6.28. The zero-order valence-corrected chi connectivity index (χ0v) is 14.5. The van der Waals surface area contributed by atoms with E-state index in [1.54, 1.807) is 19.2 Å². The summed E-state index contributed by atoms with van der Waals surface area (Å²) < 4.78 is 19.8. The van der Waals surface area contributed by atoms with Crippen LogP contribution in [0.3, 0.4) is 0 Å². The van der Waals surface area contributed by atoms with Crippen molar-refractivity contribution in [2.24, 2.45) is 5.41 Å². The maximum absolute atomic E-state index is 14.5. The van der Waals surface area contributed by atoms with E-state index in [1.165, 1.54) is 11.6 Å². The molecule has 0 saturated heterocycles. The summed E-state index contributed by atoms with van der Waals surface area (Å²) in [5.74, 6) is 0.421. The van der Waals surface area contributed by atoms with Crippen molar-refractivity contribution in [1.82, 2.24) is 0 Å². The molecule has 2 heteroatoms. The van der Waals surface area contributed by atoms with Crippen molar-refractivity contribution in [3.63, 3.8) is 0 Å². The molecular weight excluding hydrogens is 299 g/mol. The molecule has 1 aliphatic rings. The van der Waals surface area contributed by atoms with Crippen LogP contribution in [0.25, 0.3) is 22.8 Å². The van der Waals surface area contributed by atoms with E-state index in [0.29, 0.717) is 11.3 Å². The largest absolute Gasteiger partial charge is 0.497 e. The molecule has 0 N–H and O–H groups in total. The van der Waals surface area contributed by atoms with E-state index in [-0.39, 0.29) is 11.2 Å². The van der Waals surface area contributed by atoms with Gasteiger partial charge in [-0.05, 0) is 64.8 Å². The molecule has 0 fully saturated rings. The topological polar surface area (TPSA) is 9.23 Å². The number of halogens is 1. The second-order valence-corrected chi connectivity index (χ2v) is 6.90. The van der Waals surface area contributed by atoms with E-state index >= 15 is 0 Å². The molecule has 0 radical (unpaired) electrons. The molecule has 0 unspecified atom stereocenters. The first-order valence-electron chi connectivity index (χ1n) is 8.27. The average molecular weight is 322 g/mol. The van der Waals surface area contributed by atoms with Crippen LogP contribution in [0.4, 0.5) is 4.39 Å². The predicted molar refractivity (Wildman–Crippen MR) is 99.5 cm³/mol. The molecule has 2 aromatic rings. The van der Waals surface area contributed by atoms with Crippen LogP contribution in [0.1, 0.15) is 37.8 Å². The highest BCUT2D eigenvalue weighted by Gasteiger charge is 2.30. The van der Waals surface area contributed by atoms with Crippen LogP contribution in [0, 0.1) is 11.2 Å². The maximum Gasteiger partial charge on any atom is 0.131 e. The number of allylic oxidation sites excluding steroid dienone is 2. The molecule has 0 aromatic heterocycles. The molecule has 1 nitrogen and oxygen atoms in total. The number of ether oxygens (including phenoxy) is 1. The van der Waals surface area contributed by atoms with E-state index in [0.717, 1.165) is 29.5 Å². The van der Waals surface area contributed by atoms with Crippen LogP contribution in [0.2, 0.25) is 0 Å². The molecular formula is C22H23FO. The van der Waals surface area contributed by atoms with Gasteiger partial charge in [0.2, 0.25) is 0 Å². The van der Waals surface area contributed by atoms with Crippen LogP contribution in [-0.2, 0) is 0 Å². The molecule has 2 aromatic carbocycles. The first-order valence-corrected chi connectivity index (χ1v) is 8.27. The zero-order chi connectivity index (χ0) is 17.3. The molecule has 0 amide bonds. The fourth-order valence-electron chi connectivity index (χ4n) is 3.45. The van der Waals surface area contributed by atoms with Gasteiger partial charge in [-0.15, -0.1) is 0 Å². The fraction of sp³-hybridized carbons (Fsp3) is 0.273. The number of benzene rings is 2. The number of hydrogen-bond donors (Lipinski definition) is 0. The molecule has 0 saturated carbocycles. The maximum atomic E-state index is 14.5. The third kappa shape index (κ3) is 2.89. The molecule has 0 aliphatic heterocycles. The van der Waals surface area contributed by atoms with Crippen molar-refractivity contribution >= 4 is 11.6 Å². The minimum atomic E-state index is -0.236. The van der Waals surface area contributed by atoms with E-state index in [1.807, 2.05) is 18.2 Å². The Hall–Kier alpha value is -2.35. The monoisotopic (exact) mass is 322 g/mol. The molecule has 0 atom stereocenters. The standard InChI is InChI=1S/C22H23FO/c1-5-15-8-10-17(19-14-16(24-4)9-11-21(19)23)18(13-15)20-7-6-12-22(20,2)3/h5,7-11,13-14H,1,6,12H2,2-4H3. The second kappa shape index (κ2) is 6.27. The van der Waals surface area contributed by atoms with Gasteiger partial charge in [0.05, 0.1) is 7.11 Å². The SMILES string of the molecule is C=Cc1ccc(-c2cc(OC)ccc2F)c(C2=CCCC2(C)C)c1. The van der Waals surface area contributed by atoms with E-state index in [9.17, 15) is 4.39 Å². The predicted octanol–water partition coefficient (Wildman–Crippen LogP) is 6.35.